The Morgan fingerprint density at radius 3 is 2.71 bits per heavy atom. The van der Waals surface area contributed by atoms with E-state index in [1.165, 1.54) is 17.5 Å². The molecular formula is C23H28N2O3. The molecule has 28 heavy (non-hydrogen) atoms. The van der Waals surface area contributed by atoms with Crippen LogP contribution < -0.4 is 0 Å². The Kier molecular flexibility index (Phi) is 4.13. The molecule has 0 aliphatic carbocycles. The van der Waals surface area contributed by atoms with Crippen LogP contribution in [0.1, 0.15) is 36.0 Å². The number of piperidine rings is 1. The van der Waals surface area contributed by atoms with Crippen LogP contribution in [-0.4, -0.2) is 53.0 Å². The van der Waals surface area contributed by atoms with Crippen LogP contribution in [0.2, 0.25) is 0 Å². The summed E-state index contributed by atoms with van der Waals surface area (Å²) in [6, 6.07) is 6.35. The third-order valence-electron chi connectivity index (χ3n) is 7.08. The van der Waals surface area contributed by atoms with Gasteiger partial charge < -0.3 is 14.5 Å². The highest BCUT2D eigenvalue weighted by atomic mass is 16.5. The van der Waals surface area contributed by atoms with Crippen LogP contribution in [0.3, 0.4) is 0 Å². The van der Waals surface area contributed by atoms with Crippen LogP contribution in [-0.2, 0) is 20.9 Å². The van der Waals surface area contributed by atoms with Gasteiger partial charge in [-0.2, -0.15) is 0 Å². The zero-order chi connectivity index (χ0) is 19.5. The number of ether oxygens (including phenoxy) is 1. The zero-order valence-electron chi connectivity index (χ0n) is 16.7. The van der Waals surface area contributed by atoms with Crippen molar-refractivity contribution in [3.63, 3.8) is 0 Å². The fourth-order valence-corrected chi connectivity index (χ4v) is 5.44. The first-order valence-electron chi connectivity index (χ1n) is 10.5. The second-order valence-electron chi connectivity index (χ2n) is 8.90. The average Bonchev–Trinajstić information content (AvgIpc) is 3.33. The van der Waals surface area contributed by atoms with Gasteiger partial charge in [0.05, 0.1) is 24.5 Å². The summed E-state index contributed by atoms with van der Waals surface area (Å²) in [6.45, 7) is 6.93. The average molecular weight is 380 g/mol. The van der Waals surface area contributed by atoms with Crippen molar-refractivity contribution in [1.82, 2.24) is 9.80 Å². The van der Waals surface area contributed by atoms with Gasteiger partial charge in [-0.25, -0.2) is 0 Å². The highest BCUT2D eigenvalue weighted by Crippen LogP contribution is 2.52. The van der Waals surface area contributed by atoms with E-state index < -0.39 is 5.60 Å². The maximum atomic E-state index is 13.4. The molecule has 1 spiro atoms. The van der Waals surface area contributed by atoms with Crippen molar-refractivity contribution >= 4 is 11.8 Å². The fourth-order valence-electron chi connectivity index (χ4n) is 5.44. The monoisotopic (exact) mass is 380 g/mol. The van der Waals surface area contributed by atoms with Gasteiger partial charge in [0.2, 0.25) is 11.8 Å². The summed E-state index contributed by atoms with van der Waals surface area (Å²) in [6.07, 6.45) is 7.11. The molecule has 4 heterocycles. The lowest BCUT2D eigenvalue weighted by molar-refractivity contribution is -0.144. The van der Waals surface area contributed by atoms with E-state index in [0.717, 1.165) is 31.5 Å². The molecule has 5 rings (SSSR count). The van der Waals surface area contributed by atoms with Gasteiger partial charge in [0, 0.05) is 19.6 Å². The number of hydrogen-bond donors (Lipinski definition) is 0. The largest absolute Gasteiger partial charge is 0.360 e. The lowest BCUT2D eigenvalue weighted by Crippen LogP contribution is -2.47. The van der Waals surface area contributed by atoms with Crippen LogP contribution in [0.4, 0.5) is 0 Å². The maximum absolute atomic E-state index is 13.4. The molecule has 0 N–H and O–H groups in total. The Hall–Kier alpha value is -2.14. The van der Waals surface area contributed by atoms with E-state index >= 15 is 0 Å². The quantitative estimate of drug-likeness (QED) is 0.758. The molecular weight excluding hydrogens is 352 g/mol. The molecule has 5 heteroatoms. The zero-order valence-corrected chi connectivity index (χ0v) is 16.7. The van der Waals surface area contributed by atoms with Crippen molar-refractivity contribution in [2.75, 3.05) is 19.6 Å². The predicted octanol–water partition coefficient (Wildman–Crippen LogP) is 2.60. The molecule has 5 nitrogen and oxygen atoms in total. The fraction of sp³-hybridized carbons (Fsp3) is 0.565. The van der Waals surface area contributed by atoms with Gasteiger partial charge in [-0.1, -0.05) is 30.4 Å². The summed E-state index contributed by atoms with van der Waals surface area (Å²) in [5.74, 6) is -0.549. The Labute approximate surface area is 166 Å². The number of nitrogens with zero attached hydrogens (tertiary/aromatic N) is 2. The summed E-state index contributed by atoms with van der Waals surface area (Å²) in [4.78, 5) is 30.5. The van der Waals surface area contributed by atoms with Crippen LogP contribution >= 0.6 is 0 Å². The number of carbonyl (C=O) groups excluding carboxylic acids is 2. The van der Waals surface area contributed by atoms with E-state index in [0.29, 0.717) is 13.1 Å². The highest BCUT2D eigenvalue weighted by molar-refractivity contribution is 5.93. The van der Waals surface area contributed by atoms with E-state index in [1.54, 1.807) is 0 Å². The molecule has 0 saturated carbocycles. The standard InChI is InChI=1S/C23H28N2O3/c1-15-6-7-17(12-16(15)2)13-25-14-23-9-8-18(28-23)19(20(23)22(25)27)21(26)24-10-4-3-5-11-24/h6-9,12,18-20H,3-5,10-11,13-14H2,1-2H3/t18-,19?,20?,23-/m0/s1. The summed E-state index contributed by atoms with van der Waals surface area (Å²) in [5.41, 5.74) is 3.00. The van der Waals surface area contributed by atoms with Crippen molar-refractivity contribution in [2.45, 2.75) is 51.4 Å². The number of likely N-dealkylation sites (tertiary alicyclic amines) is 2. The Bertz CT molecular complexity index is 857. The molecule has 3 saturated heterocycles. The third-order valence-corrected chi connectivity index (χ3v) is 7.08. The smallest absolute Gasteiger partial charge is 0.230 e. The van der Waals surface area contributed by atoms with Gasteiger partial charge in [0.25, 0.3) is 0 Å². The third kappa shape index (κ3) is 2.63. The maximum Gasteiger partial charge on any atom is 0.230 e. The Morgan fingerprint density at radius 1 is 1.18 bits per heavy atom. The van der Waals surface area contributed by atoms with Gasteiger partial charge in [0.1, 0.15) is 5.60 Å². The number of amides is 2. The topological polar surface area (TPSA) is 49.9 Å². The van der Waals surface area contributed by atoms with Gasteiger partial charge in [-0.3, -0.25) is 9.59 Å². The lowest BCUT2D eigenvalue weighted by atomic mass is 9.76. The van der Waals surface area contributed by atoms with Crippen molar-refractivity contribution in [1.29, 1.82) is 0 Å². The van der Waals surface area contributed by atoms with E-state index in [1.807, 2.05) is 22.0 Å². The molecule has 1 aromatic carbocycles. The van der Waals surface area contributed by atoms with Crippen LogP contribution in [0, 0.1) is 25.7 Å². The molecule has 148 valence electrons. The minimum Gasteiger partial charge on any atom is -0.360 e. The number of rotatable bonds is 3. The molecule has 2 unspecified atom stereocenters. The minimum absolute atomic E-state index is 0.0698. The first kappa shape index (κ1) is 17.9. The van der Waals surface area contributed by atoms with Crippen molar-refractivity contribution in [3.8, 4) is 0 Å². The minimum atomic E-state index is -0.613. The summed E-state index contributed by atoms with van der Waals surface area (Å²) >= 11 is 0. The first-order valence-corrected chi connectivity index (χ1v) is 10.5. The molecule has 4 aliphatic heterocycles. The number of benzene rings is 1. The lowest BCUT2D eigenvalue weighted by Gasteiger charge is -2.32. The van der Waals surface area contributed by atoms with Crippen molar-refractivity contribution < 1.29 is 14.3 Å². The molecule has 0 aromatic heterocycles. The number of fused-ring (bicyclic) bond motifs is 1. The molecule has 0 radical (unpaired) electrons. The van der Waals surface area contributed by atoms with E-state index in [-0.39, 0.29) is 29.8 Å². The van der Waals surface area contributed by atoms with Crippen molar-refractivity contribution in [3.05, 3.63) is 47.0 Å². The van der Waals surface area contributed by atoms with Crippen LogP contribution in [0.15, 0.2) is 30.4 Å². The molecule has 4 atom stereocenters. The number of hydrogen-bond acceptors (Lipinski definition) is 3. The predicted molar refractivity (Wildman–Crippen MR) is 105 cm³/mol. The molecule has 2 amide bonds. The second kappa shape index (κ2) is 6.45. The van der Waals surface area contributed by atoms with Gasteiger partial charge in [-0.05, 0) is 49.8 Å². The van der Waals surface area contributed by atoms with Gasteiger partial charge in [-0.15, -0.1) is 0 Å². The summed E-state index contributed by atoms with van der Waals surface area (Å²) < 4.78 is 6.27. The number of aryl methyl sites for hydroxylation is 2. The van der Waals surface area contributed by atoms with Gasteiger partial charge in [0.15, 0.2) is 0 Å². The Morgan fingerprint density at radius 2 is 1.96 bits per heavy atom. The van der Waals surface area contributed by atoms with Crippen LogP contribution in [0.5, 0.6) is 0 Å². The van der Waals surface area contributed by atoms with E-state index in [9.17, 15) is 9.59 Å². The summed E-state index contributed by atoms with van der Waals surface area (Å²) in [5, 5.41) is 0. The first-order chi connectivity index (χ1) is 13.5. The van der Waals surface area contributed by atoms with E-state index in [4.69, 9.17) is 4.74 Å². The van der Waals surface area contributed by atoms with Crippen LogP contribution in [0.25, 0.3) is 0 Å². The van der Waals surface area contributed by atoms with E-state index in [2.05, 4.69) is 32.0 Å². The molecule has 3 fully saturated rings. The highest BCUT2D eigenvalue weighted by Gasteiger charge is 2.67. The number of carbonyl (C=O) groups is 2. The molecule has 2 bridgehead atoms. The SMILES string of the molecule is Cc1ccc(CN2C[C@]34C=C[C@H](O3)C(C(=O)N3CCCCC3)C4C2=O)cc1C. The normalized spacial score (nSPS) is 33.6. The molecule has 1 aromatic rings. The second-order valence-corrected chi connectivity index (χ2v) is 8.90. The molecule has 4 aliphatic rings. The Balaban J connectivity index is 1.39. The van der Waals surface area contributed by atoms with Crippen molar-refractivity contribution in [2.24, 2.45) is 11.8 Å². The summed E-state index contributed by atoms with van der Waals surface area (Å²) in [7, 11) is 0. The van der Waals surface area contributed by atoms with Gasteiger partial charge >= 0.3 is 0 Å².